The quantitative estimate of drug-likeness (QED) is 0.679. The lowest BCUT2D eigenvalue weighted by molar-refractivity contribution is -0.138. The molecule has 5 heteroatoms. The minimum Gasteiger partial charge on any atom is -0.481 e. The van der Waals surface area contributed by atoms with Crippen molar-refractivity contribution in [2.24, 2.45) is 11.3 Å². The maximum absolute atomic E-state index is 11.4. The van der Waals surface area contributed by atoms with Crippen LogP contribution < -0.4 is 10.6 Å². The number of nitrogens with one attached hydrogen (secondary N) is 2. The minimum absolute atomic E-state index is 0.00870. The number of hydrogen-bond donors (Lipinski definition) is 3. The van der Waals surface area contributed by atoms with Crippen molar-refractivity contribution in [1.29, 1.82) is 0 Å². The van der Waals surface area contributed by atoms with E-state index in [9.17, 15) is 9.59 Å². The zero-order valence-corrected chi connectivity index (χ0v) is 10.2. The predicted octanol–water partition coefficient (Wildman–Crippen LogP) is 1.19. The zero-order chi connectivity index (χ0) is 12.5. The Labute approximate surface area is 95.6 Å². The van der Waals surface area contributed by atoms with Crippen LogP contribution in [0.25, 0.3) is 0 Å². The summed E-state index contributed by atoms with van der Waals surface area (Å²) in [6.45, 7) is 8.01. The number of amides is 2. The van der Waals surface area contributed by atoms with Gasteiger partial charge in [-0.15, -0.1) is 0 Å². The first-order valence-corrected chi connectivity index (χ1v) is 5.54. The van der Waals surface area contributed by atoms with Crippen molar-refractivity contribution < 1.29 is 14.7 Å². The summed E-state index contributed by atoms with van der Waals surface area (Å²) in [4.78, 5) is 22.2. The molecule has 0 spiro atoms. The molecule has 0 aromatic rings. The molecule has 5 nitrogen and oxygen atoms in total. The van der Waals surface area contributed by atoms with Crippen LogP contribution >= 0.6 is 0 Å². The van der Waals surface area contributed by atoms with E-state index in [1.807, 2.05) is 27.7 Å². The van der Waals surface area contributed by atoms with Gasteiger partial charge < -0.3 is 15.7 Å². The van der Waals surface area contributed by atoms with E-state index in [1.165, 1.54) is 0 Å². The van der Waals surface area contributed by atoms with Gasteiger partial charge in [0, 0.05) is 17.5 Å². The minimum atomic E-state index is -0.886. The van der Waals surface area contributed by atoms with Crippen molar-refractivity contribution in [3.05, 3.63) is 0 Å². The molecule has 1 aliphatic rings. The number of urea groups is 1. The van der Waals surface area contributed by atoms with E-state index < -0.39 is 5.97 Å². The molecule has 0 aromatic carbocycles. The van der Waals surface area contributed by atoms with Gasteiger partial charge in [0.15, 0.2) is 0 Å². The fourth-order valence-corrected chi connectivity index (χ4v) is 2.44. The monoisotopic (exact) mass is 228 g/mol. The predicted molar refractivity (Wildman–Crippen MR) is 60.1 cm³/mol. The number of carbonyl (C=O) groups excluding carboxylic acids is 1. The van der Waals surface area contributed by atoms with Gasteiger partial charge in [0.1, 0.15) is 0 Å². The lowest BCUT2D eigenvalue weighted by atomic mass is 9.71. The Hall–Kier alpha value is -1.26. The molecule has 2 amide bonds. The average molecular weight is 228 g/mol. The van der Waals surface area contributed by atoms with E-state index in [-0.39, 0.29) is 35.9 Å². The summed E-state index contributed by atoms with van der Waals surface area (Å²) < 4.78 is 0. The van der Waals surface area contributed by atoms with Crippen molar-refractivity contribution in [1.82, 2.24) is 10.6 Å². The van der Waals surface area contributed by atoms with Gasteiger partial charge >= 0.3 is 12.0 Å². The highest BCUT2D eigenvalue weighted by atomic mass is 16.4. The smallest absolute Gasteiger partial charge is 0.315 e. The maximum Gasteiger partial charge on any atom is 0.315 e. The van der Waals surface area contributed by atoms with Crippen molar-refractivity contribution in [2.45, 2.75) is 46.2 Å². The van der Waals surface area contributed by atoms with Gasteiger partial charge in [0.25, 0.3) is 0 Å². The van der Waals surface area contributed by atoms with Crippen LogP contribution in [-0.4, -0.2) is 29.2 Å². The summed E-state index contributed by atoms with van der Waals surface area (Å²) in [6.07, 6.45) is -0.0381. The number of carboxylic acids is 1. The summed E-state index contributed by atoms with van der Waals surface area (Å²) in [7, 11) is 0. The van der Waals surface area contributed by atoms with Gasteiger partial charge in [-0.1, -0.05) is 27.7 Å². The van der Waals surface area contributed by atoms with Crippen molar-refractivity contribution in [2.75, 3.05) is 0 Å². The standard InChI is InChI=1S/C11H20N2O3/c1-6(2)9-11(3,4)7(5-8(14)15)12-10(16)13-9/h6-7,9H,5H2,1-4H3,(H,14,15)(H2,12,13,16)/t7-,9+/m1/s1. The SMILES string of the molecule is CC(C)[C@@H]1NC(=O)N[C@H](CC(=O)O)C1(C)C. The molecule has 0 aliphatic carbocycles. The van der Waals surface area contributed by atoms with Crippen LogP contribution in [0, 0.1) is 11.3 Å². The van der Waals surface area contributed by atoms with E-state index in [2.05, 4.69) is 10.6 Å². The van der Waals surface area contributed by atoms with Crippen LogP contribution in [0.3, 0.4) is 0 Å². The van der Waals surface area contributed by atoms with E-state index in [4.69, 9.17) is 5.11 Å². The third-order valence-corrected chi connectivity index (χ3v) is 3.34. The largest absolute Gasteiger partial charge is 0.481 e. The van der Waals surface area contributed by atoms with E-state index >= 15 is 0 Å². The van der Waals surface area contributed by atoms with Gasteiger partial charge in [-0.25, -0.2) is 4.79 Å². The number of carboxylic acid groups (broad SMARTS) is 1. The van der Waals surface area contributed by atoms with Crippen LogP contribution in [0.2, 0.25) is 0 Å². The first kappa shape index (κ1) is 12.8. The topological polar surface area (TPSA) is 78.4 Å². The summed E-state index contributed by atoms with van der Waals surface area (Å²) in [5.41, 5.74) is -0.277. The molecule has 1 rings (SSSR count). The Morgan fingerprint density at radius 3 is 2.44 bits per heavy atom. The van der Waals surface area contributed by atoms with Gasteiger partial charge in [0.2, 0.25) is 0 Å². The normalized spacial score (nSPS) is 28.4. The molecule has 0 bridgehead atoms. The molecule has 92 valence electrons. The lowest BCUT2D eigenvalue weighted by Gasteiger charge is -2.47. The summed E-state index contributed by atoms with van der Waals surface area (Å²) >= 11 is 0. The van der Waals surface area contributed by atoms with Crippen LogP contribution in [0.4, 0.5) is 4.79 Å². The number of carbonyl (C=O) groups is 2. The molecule has 2 atom stereocenters. The highest BCUT2D eigenvalue weighted by Gasteiger charge is 2.44. The molecule has 1 aliphatic heterocycles. The molecule has 0 unspecified atom stereocenters. The second-order valence-electron chi connectivity index (χ2n) is 5.31. The van der Waals surface area contributed by atoms with Crippen LogP contribution in [0.5, 0.6) is 0 Å². The number of rotatable bonds is 3. The first-order chi connectivity index (χ1) is 7.25. The maximum atomic E-state index is 11.4. The lowest BCUT2D eigenvalue weighted by Crippen LogP contribution is -2.66. The summed E-state index contributed by atoms with van der Waals surface area (Å²) in [5.74, 6) is -0.611. The number of hydrogen-bond acceptors (Lipinski definition) is 2. The highest BCUT2D eigenvalue weighted by Crippen LogP contribution is 2.33. The average Bonchev–Trinajstić information content (AvgIpc) is 2.09. The van der Waals surface area contributed by atoms with E-state index in [0.29, 0.717) is 0 Å². The Morgan fingerprint density at radius 1 is 1.44 bits per heavy atom. The third kappa shape index (κ3) is 2.46. The van der Waals surface area contributed by atoms with Gasteiger partial charge in [-0.05, 0) is 5.92 Å². The molecular weight excluding hydrogens is 208 g/mol. The molecule has 0 radical (unpaired) electrons. The van der Waals surface area contributed by atoms with Crippen molar-refractivity contribution in [3.8, 4) is 0 Å². The van der Waals surface area contributed by atoms with Crippen LogP contribution in [0.15, 0.2) is 0 Å². The molecule has 1 saturated heterocycles. The summed E-state index contributed by atoms with van der Waals surface area (Å²) in [5, 5.41) is 14.4. The van der Waals surface area contributed by atoms with Gasteiger partial charge in [-0.3, -0.25) is 4.79 Å². The Kier molecular flexibility index (Phi) is 3.45. The van der Waals surface area contributed by atoms with Gasteiger partial charge in [-0.2, -0.15) is 0 Å². The molecular formula is C11H20N2O3. The fourth-order valence-electron chi connectivity index (χ4n) is 2.44. The molecule has 1 fully saturated rings. The van der Waals surface area contributed by atoms with Crippen molar-refractivity contribution in [3.63, 3.8) is 0 Å². The molecule has 1 heterocycles. The van der Waals surface area contributed by atoms with Gasteiger partial charge in [0.05, 0.1) is 6.42 Å². The van der Waals surface area contributed by atoms with E-state index in [0.717, 1.165) is 0 Å². The molecule has 16 heavy (non-hydrogen) atoms. The summed E-state index contributed by atoms with van der Waals surface area (Å²) in [6, 6.07) is -0.610. The Morgan fingerprint density at radius 2 is 2.00 bits per heavy atom. The number of aliphatic carboxylic acids is 1. The highest BCUT2D eigenvalue weighted by molar-refractivity contribution is 5.77. The zero-order valence-electron chi connectivity index (χ0n) is 10.2. The molecule has 0 saturated carbocycles. The first-order valence-electron chi connectivity index (χ1n) is 5.54. The third-order valence-electron chi connectivity index (χ3n) is 3.34. The van der Waals surface area contributed by atoms with Crippen LogP contribution in [-0.2, 0) is 4.79 Å². The fraction of sp³-hybridized carbons (Fsp3) is 0.818. The second-order valence-corrected chi connectivity index (χ2v) is 5.31. The van der Waals surface area contributed by atoms with E-state index in [1.54, 1.807) is 0 Å². The molecule has 3 N–H and O–H groups in total. The van der Waals surface area contributed by atoms with Crippen LogP contribution in [0.1, 0.15) is 34.1 Å². The Balaban J connectivity index is 2.91. The Bertz CT molecular complexity index is 298. The van der Waals surface area contributed by atoms with Crippen molar-refractivity contribution >= 4 is 12.0 Å². The molecule has 0 aromatic heterocycles. The second kappa shape index (κ2) is 4.31.